The van der Waals surface area contributed by atoms with E-state index in [1.807, 2.05) is 25.6 Å². The highest BCUT2D eigenvalue weighted by Gasteiger charge is 2.51. The third kappa shape index (κ3) is 3.21. The predicted molar refractivity (Wildman–Crippen MR) is 76.1 cm³/mol. The number of hydrogen-bond acceptors (Lipinski definition) is 3. The lowest BCUT2D eigenvalue weighted by Gasteiger charge is -2.33. The van der Waals surface area contributed by atoms with Crippen LogP contribution in [0.5, 0.6) is 0 Å². The summed E-state index contributed by atoms with van der Waals surface area (Å²) in [7, 11) is 0. The van der Waals surface area contributed by atoms with Gasteiger partial charge in [0.05, 0.1) is 0 Å². The summed E-state index contributed by atoms with van der Waals surface area (Å²) in [6, 6.07) is 0.228. The summed E-state index contributed by atoms with van der Waals surface area (Å²) in [5.41, 5.74) is -0.679. The normalized spacial score (nSPS) is 24.4. The summed E-state index contributed by atoms with van der Waals surface area (Å²) in [4.78, 5) is 11.8. The number of aliphatic carboxylic acids is 1. The molecule has 18 heavy (non-hydrogen) atoms. The van der Waals surface area contributed by atoms with Crippen LogP contribution in [0.2, 0.25) is 0 Å². The van der Waals surface area contributed by atoms with Gasteiger partial charge in [0.1, 0.15) is 5.54 Å². The number of hydrogen-bond donors (Lipinski definition) is 2. The summed E-state index contributed by atoms with van der Waals surface area (Å²) in [6.45, 7) is 4.08. The van der Waals surface area contributed by atoms with Gasteiger partial charge in [0, 0.05) is 17.0 Å². The van der Waals surface area contributed by atoms with E-state index in [-0.39, 0.29) is 6.04 Å². The zero-order valence-electron chi connectivity index (χ0n) is 11.4. The minimum Gasteiger partial charge on any atom is -0.480 e. The maximum Gasteiger partial charge on any atom is 0.325 e. The first kappa shape index (κ1) is 14.2. The molecule has 0 aliphatic heterocycles. The first-order valence-corrected chi connectivity index (χ1v) is 8.22. The average molecular weight is 271 g/mol. The molecule has 2 fully saturated rings. The van der Waals surface area contributed by atoms with E-state index in [0.29, 0.717) is 11.2 Å². The van der Waals surface area contributed by atoms with Crippen molar-refractivity contribution in [3.05, 3.63) is 0 Å². The smallest absolute Gasteiger partial charge is 0.325 e. The lowest BCUT2D eigenvalue weighted by Crippen LogP contribution is -2.58. The molecule has 4 heteroatoms. The molecule has 0 bridgehead atoms. The van der Waals surface area contributed by atoms with Crippen molar-refractivity contribution in [1.82, 2.24) is 5.32 Å². The van der Waals surface area contributed by atoms with Gasteiger partial charge in [-0.2, -0.15) is 11.8 Å². The first-order chi connectivity index (χ1) is 8.54. The lowest BCUT2D eigenvalue weighted by atomic mass is 9.94. The van der Waals surface area contributed by atoms with Gasteiger partial charge in [0.25, 0.3) is 0 Å². The second-order valence-electron chi connectivity index (χ2n) is 6.07. The van der Waals surface area contributed by atoms with Crippen LogP contribution in [0.25, 0.3) is 0 Å². The van der Waals surface area contributed by atoms with Gasteiger partial charge in [-0.25, -0.2) is 0 Å². The monoisotopic (exact) mass is 271 g/mol. The Morgan fingerprint density at radius 1 is 1.33 bits per heavy atom. The van der Waals surface area contributed by atoms with Gasteiger partial charge in [-0.3, -0.25) is 10.1 Å². The van der Waals surface area contributed by atoms with E-state index in [4.69, 9.17) is 0 Å². The van der Waals surface area contributed by atoms with Crippen molar-refractivity contribution in [2.45, 2.75) is 69.2 Å². The van der Waals surface area contributed by atoms with Gasteiger partial charge < -0.3 is 5.11 Å². The fourth-order valence-corrected chi connectivity index (χ4v) is 4.58. The third-order valence-corrected chi connectivity index (χ3v) is 5.62. The van der Waals surface area contributed by atoms with E-state index < -0.39 is 11.5 Å². The molecule has 0 saturated heterocycles. The molecule has 1 atom stereocenters. The van der Waals surface area contributed by atoms with Gasteiger partial charge in [-0.15, -0.1) is 0 Å². The molecular formula is C14H25NO2S. The van der Waals surface area contributed by atoms with E-state index in [1.54, 1.807) is 0 Å². The minimum atomic E-state index is -0.679. The van der Waals surface area contributed by atoms with Crippen molar-refractivity contribution in [3.8, 4) is 0 Å². The molecule has 104 valence electrons. The second kappa shape index (κ2) is 5.83. The fraction of sp³-hybridized carbons (Fsp3) is 0.929. The number of carboxylic acids is 1. The molecule has 0 spiro atoms. The van der Waals surface area contributed by atoms with Gasteiger partial charge in [0.15, 0.2) is 0 Å². The molecule has 2 N–H and O–H groups in total. The number of nitrogens with one attached hydrogen (secondary N) is 1. The molecule has 2 aliphatic carbocycles. The van der Waals surface area contributed by atoms with Crippen molar-refractivity contribution in [3.63, 3.8) is 0 Å². The van der Waals surface area contributed by atoms with Crippen LogP contribution in [0.4, 0.5) is 0 Å². The summed E-state index contributed by atoms with van der Waals surface area (Å²) in [5, 5.41) is 13.7. The highest BCUT2D eigenvalue weighted by atomic mass is 32.2. The maximum absolute atomic E-state index is 11.8. The highest BCUT2D eigenvalue weighted by molar-refractivity contribution is 8.00. The van der Waals surface area contributed by atoms with Crippen LogP contribution in [-0.2, 0) is 4.79 Å². The van der Waals surface area contributed by atoms with Crippen LogP contribution in [-0.4, -0.2) is 33.7 Å². The van der Waals surface area contributed by atoms with Crippen molar-refractivity contribution in [2.75, 3.05) is 5.75 Å². The largest absolute Gasteiger partial charge is 0.480 e. The number of carbonyl (C=O) groups is 1. The molecule has 2 rings (SSSR count). The van der Waals surface area contributed by atoms with Crippen LogP contribution in [0.1, 0.15) is 52.4 Å². The molecule has 0 aromatic rings. The molecule has 3 nitrogen and oxygen atoms in total. The molecule has 0 heterocycles. The van der Waals surface area contributed by atoms with Crippen LogP contribution < -0.4 is 5.32 Å². The van der Waals surface area contributed by atoms with Gasteiger partial charge in [0.2, 0.25) is 0 Å². The molecule has 1 unspecified atom stereocenters. The zero-order chi connectivity index (χ0) is 13.2. The lowest BCUT2D eigenvalue weighted by molar-refractivity contribution is -0.145. The summed E-state index contributed by atoms with van der Waals surface area (Å²) < 4.78 is 0. The Morgan fingerprint density at radius 2 is 1.94 bits per heavy atom. The van der Waals surface area contributed by atoms with E-state index >= 15 is 0 Å². The van der Waals surface area contributed by atoms with Crippen LogP contribution in [0.3, 0.4) is 0 Å². The number of thioether (sulfide) groups is 1. The van der Waals surface area contributed by atoms with Crippen LogP contribution >= 0.6 is 11.8 Å². The maximum atomic E-state index is 11.8. The predicted octanol–water partition coefficient (Wildman–Crippen LogP) is 2.89. The quantitative estimate of drug-likeness (QED) is 0.747. The number of carboxylic acid groups (broad SMARTS) is 1. The second-order valence-corrected chi connectivity index (χ2v) is 7.36. The summed E-state index contributed by atoms with van der Waals surface area (Å²) in [6.07, 6.45) is 7.31. The Bertz CT molecular complexity index is 298. The Balaban J connectivity index is 1.99. The van der Waals surface area contributed by atoms with Gasteiger partial charge in [-0.05, 0) is 45.4 Å². The van der Waals surface area contributed by atoms with Crippen LogP contribution in [0, 0.1) is 5.92 Å². The third-order valence-electron chi connectivity index (χ3n) is 4.05. The molecule has 0 aromatic heterocycles. The first-order valence-electron chi connectivity index (χ1n) is 7.17. The van der Waals surface area contributed by atoms with E-state index in [2.05, 4.69) is 5.32 Å². The standard InChI is InChI=1S/C14H25NO2S/c1-10(2)15-14(13(16)17,11-7-8-11)9-18-12-5-3-4-6-12/h10-12,15H,3-9H2,1-2H3,(H,16,17). The average Bonchev–Trinajstić information content (AvgIpc) is 3.01. The SMILES string of the molecule is CC(C)NC(CSC1CCCC1)(C(=O)O)C1CC1. The van der Waals surface area contributed by atoms with Crippen molar-refractivity contribution in [1.29, 1.82) is 0 Å². The Kier molecular flexibility index (Phi) is 4.59. The molecule has 0 amide bonds. The van der Waals surface area contributed by atoms with Crippen molar-refractivity contribution in [2.24, 2.45) is 5.92 Å². The van der Waals surface area contributed by atoms with Crippen LogP contribution in [0.15, 0.2) is 0 Å². The topological polar surface area (TPSA) is 49.3 Å². The molecule has 2 saturated carbocycles. The van der Waals surface area contributed by atoms with Crippen molar-refractivity contribution < 1.29 is 9.90 Å². The zero-order valence-corrected chi connectivity index (χ0v) is 12.3. The summed E-state index contributed by atoms with van der Waals surface area (Å²) in [5.74, 6) is 0.422. The Hall–Kier alpha value is -0.220. The fourth-order valence-electron chi connectivity index (χ4n) is 2.97. The van der Waals surface area contributed by atoms with Gasteiger partial charge in [-0.1, -0.05) is 12.8 Å². The molecule has 0 radical (unpaired) electrons. The van der Waals surface area contributed by atoms with Gasteiger partial charge >= 0.3 is 5.97 Å². The number of rotatable bonds is 7. The minimum absolute atomic E-state index is 0.228. The van der Waals surface area contributed by atoms with E-state index in [9.17, 15) is 9.90 Å². The molecule has 0 aromatic carbocycles. The Labute approximate surface area is 114 Å². The summed E-state index contributed by atoms with van der Waals surface area (Å²) >= 11 is 1.89. The molecular weight excluding hydrogens is 246 g/mol. The molecule has 2 aliphatic rings. The van der Waals surface area contributed by atoms with E-state index in [1.165, 1.54) is 25.7 Å². The Morgan fingerprint density at radius 3 is 2.39 bits per heavy atom. The highest BCUT2D eigenvalue weighted by Crippen LogP contribution is 2.43. The van der Waals surface area contributed by atoms with E-state index in [0.717, 1.165) is 18.6 Å². The van der Waals surface area contributed by atoms with Crippen molar-refractivity contribution >= 4 is 17.7 Å².